The van der Waals surface area contributed by atoms with Gasteiger partial charge in [-0.25, -0.2) is 4.68 Å². The Morgan fingerprint density at radius 3 is 2.82 bits per heavy atom. The fourth-order valence-corrected chi connectivity index (χ4v) is 0.780. The third-order valence-corrected chi connectivity index (χ3v) is 1.38. The average molecular weight is 155 g/mol. The largest absolute Gasteiger partial charge is 0.378 e. The van der Waals surface area contributed by atoms with Crippen molar-refractivity contribution in [2.24, 2.45) is 0 Å². The van der Waals surface area contributed by atoms with E-state index in [9.17, 15) is 0 Å². The normalized spacial score (nSPS) is 10.9. The summed E-state index contributed by atoms with van der Waals surface area (Å²) in [4.78, 5) is 0. The first kappa shape index (κ1) is 8.20. The van der Waals surface area contributed by atoms with Crippen molar-refractivity contribution in [3.63, 3.8) is 0 Å². The number of methoxy groups -OCH3 is 1. The van der Waals surface area contributed by atoms with E-state index in [4.69, 9.17) is 4.74 Å². The van der Waals surface area contributed by atoms with Crippen LogP contribution in [-0.4, -0.2) is 22.1 Å². The van der Waals surface area contributed by atoms with E-state index in [0.717, 1.165) is 5.69 Å². The van der Waals surface area contributed by atoms with Crippen molar-refractivity contribution < 1.29 is 4.74 Å². The van der Waals surface area contributed by atoms with Crippen molar-refractivity contribution in [2.75, 3.05) is 7.11 Å². The summed E-state index contributed by atoms with van der Waals surface area (Å²) >= 11 is 0. The highest BCUT2D eigenvalue weighted by atomic mass is 16.5. The number of rotatable bonds is 3. The van der Waals surface area contributed by atoms with Crippen LogP contribution in [-0.2, 0) is 11.3 Å². The van der Waals surface area contributed by atoms with Gasteiger partial charge in [0.15, 0.2) is 0 Å². The van der Waals surface area contributed by atoms with E-state index in [1.54, 1.807) is 7.11 Å². The molecule has 0 aliphatic rings. The zero-order valence-corrected chi connectivity index (χ0v) is 7.11. The van der Waals surface area contributed by atoms with Crippen molar-refractivity contribution in [1.82, 2.24) is 15.0 Å². The minimum atomic E-state index is 0.369. The zero-order chi connectivity index (χ0) is 8.27. The molecule has 1 heterocycles. The Kier molecular flexibility index (Phi) is 2.59. The second kappa shape index (κ2) is 3.48. The predicted molar refractivity (Wildman–Crippen MR) is 41.1 cm³/mol. The fraction of sp³-hybridized carbons (Fsp3) is 0.714. The Bertz CT molecular complexity index is 219. The van der Waals surface area contributed by atoms with Crippen molar-refractivity contribution in [3.8, 4) is 0 Å². The minimum absolute atomic E-state index is 0.369. The molecule has 1 rings (SSSR count). The average Bonchev–Trinajstić information content (AvgIpc) is 2.37. The number of nitrogens with zero attached hydrogens (tertiary/aromatic N) is 3. The molecule has 0 aromatic carbocycles. The Balaban J connectivity index is 2.66. The number of aromatic nitrogens is 3. The van der Waals surface area contributed by atoms with Gasteiger partial charge in [0.1, 0.15) is 5.69 Å². The third-order valence-electron chi connectivity index (χ3n) is 1.38. The summed E-state index contributed by atoms with van der Waals surface area (Å²) < 4.78 is 6.72. The molecule has 0 radical (unpaired) electrons. The minimum Gasteiger partial charge on any atom is -0.378 e. The van der Waals surface area contributed by atoms with Gasteiger partial charge in [-0.3, -0.25) is 0 Å². The first-order chi connectivity index (χ1) is 5.24. The molecule has 4 nitrogen and oxygen atoms in total. The van der Waals surface area contributed by atoms with E-state index >= 15 is 0 Å². The van der Waals surface area contributed by atoms with Gasteiger partial charge in [0.05, 0.1) is 12.8 Å². The van der Waals surface area contributed by atoms with Crippen LogP contribution >= 0.6 is 0 Å². The maximum absolute atomic E-state index is 4.91. The standard InChI is InChI=1S/C7H13N3O/c1-6(2)10-4-7(5-11-3)8-9-10/h4,6H,5H2,1-3H3. The molecule has 0 N–H and O–H groups in total. The summed E-state index contributed by atoms with van der Waals surface area (Å²) in [5.41, 5.74) is 0.876. The molecule has 0 atom stereocenters. The van der Waals surface area contributed by atoms with Gasteiger partial charge in [-0.15, -0.1) is 5.10 Å². The van der Waals surface area contributed by atoms with E-state index in [0.29, 0.717) is 12.6 Å². The Hall–Kier alpha value is -0.900. The molecule has 4 heteroatoms. The highest BCUT2D eigenvalue weighted by Crippen LogP contribution is 2.02. The fourth-order valence-electron chi connectivity index (χ4n) is 0.780. The second-order valence-electron chi connectivity index (χ2n) is 2.72. The first-order valence-electron chi connectivity index (χ1n) is 3.63. The summed E-state index contributed by atoms with van der Waals surface area (Å²) in [6.07, 6.45) is 1.90. The molecule has 0 saturated carbocycles. The molecule has 62 valence electrons. The SMILES string of the molecule is COCc1cn(C(C)C)nn1. The smallest absolute Gasteiger partial charge is 0.108 e. The first-order valence-corrected chi connectivity index (χ1v) is 3.63. The maximum atomic E-state index is 4.91. The topological polar surface area (TPSA) is 39.9 Å². The molecule has 0 saturated heterocycles. The summed E-state index contributed by atoms with van der Waals surface area (Å²) in [5.74, 6) is 0. The van der Waals surface area contributed by atoms with Crippen LogP contribution in [0.15, 0.2) is 6.20 Å². The monoisotopic (exact) mass is 155 g/mol. The Labute approximate surface area is 66.2 Å². The van der Waals surface area contributed by atoms with Crippen LogP contribution in [0, 0.1) is 0 Å². The quantitative estimate of drug-likeness (QED) is 0.654. The Morgan fingerprint density at radius 1 is 1.64 bits per heavy atom. The molecule has 0 aliphatic heterocycles. The van der Waals surface area contributed by atoms with Crippen LogP contribution in [0.3, 0.4) is 0 Å². The molecule has 0 unspecified atom stereocenters. The van der Waals surface area contributed by atoms with Crippen LogP contribution in [0.4, 0.5) is 0 Å². The third kappa shape index (κ3) is 2.01. The number of hydrogen-bond donors (Lipinski definition) is 0. The number of ether oxygens (including phenoxy) is 1. The van der Waals surface area contributed by atoms with Gasteiger partial charge in [0, 0.05) is 13.2 Å². The lowest BCUT2D eigenvalue weighted by Gasteiger charge is -2.00. The van der Waals surface area contributed by atoms with Crippen LogP contribution in [0.5, 0.6) is 0 Å². The lowest BCUT2D eigenvalue weighted by molar-refractivity contribution is 0.181. The maximum Gasteiger partial charge on any atom is 0.108 e. The highest BCUT2D eigenvalue weighted by Gasteiger charge is 2.01. The van der Waals surface area contributed by atoms with Crippen LogP contribution in [0.2, 0.25) is 0 Å². The van der Waals surface area contributed by atoms with E-state index in [1.807, 2.05) is 10.9 Å². The molecule has 0 spiro atoms. The lowest BCUT2D eigenvalue weighted by Crippen LogP contribution is -2.00. The summed E-state index contributed by atoms with van der Waals surface area (Å²) in [7, 11) is 1.65. The summed E-state index contributed by atoms with van der Waals surface area (Å²) in [5, 5.41) is 7.84. The van der Waals surface area contributed by atoms with Crippen LogP contribution in [0.25, 0.3) is 0 Å². The molecular formula is C7H13N3O. The molecule has 11 heavy (non-hydrogen) atoms. The van der Waals surface area contributed by atoms with Gasteiger partial charge >= 0.3 is 0 Å². The molecule has 0 bridgehead atoms. The van der Waals surface area contributed by atoms with Crippen molar-refractivity contribution in [2.45, 2.75) is 26.5 Å². The van der Waals surface area contributed by atoms with Crippen molar-refractivity contribution >= 4 is 0 Å². The van der Waals surface area contributed by atoms with Gasteiger partial charge in [-0.1, -0.05) is 5.21 Å². The van der Waals surface area contributed by atoms with Gasteiger partial charge in [0.2, 0.25) is 0 Å². The van der Waals surface area contributed by atoms with Gasteiger partial charge in [0.25, 0.3) is 0 Å². The van der Waals surface area contributed by atoms with Crippen molar-refractivity contribution in [1.29, 1.82) is 0 Å². The van der Waals surface area contributed by atoms with E-state index in [2.05, 4.69) is 24.2 Å². The molecule has 0 amide bonds. The van der Waals surface area contributed by atoms with Crippen LogP contribution in [0.1, 0.15) is 25.6 Å². The van der Waals surface area contributed by atoms with Crippen molar-refractivity contribution in [3.05, 3.63) is 11.9 Å². The molecular weight excluding hydrogens is 142 g/mol. The summed E-state index contributed by atoms with van der Waals surface area (Å²) in [6.45, 7) is 4.66. The van der Waals surface area contributed by atoms with E-state index in [1.165, 1.54) is 0 Å². The highest BCUT2D eigenvalue weighted by molar-refractivity contribution is 4.90. The van der Waals surface area contributed by atoms with E-state index < -0.39 is 0 Å². The van der Waals surface area contributed by atoms with Gasteiger partial charge < -0.3 is 4.74 Å². The predicted octanol–water partition coefficient (Wildman–Crippen LogP) is 1.01. The van der Waals surface area contributed by atoms with Crippen LogP contribution < -0.4 is 0 Å². The zero-order valence-electron chi connectivity index (χ0n) is 7.11. The van der Waals surface area contributed by atoms with E-state index in [-0.39, 0.29) is 0 Å². The lowest BCUT2D eigenvalue weighted by atomic mass is 10.4. The molecule has 0 aliphatic carbocycles. The molecule has 0 fully saturated rings. The second-order valence-corrected chi connectivity index (χ2v) is 2.72. The number of hydrogen-bond acceptors (Lipinski definition) is 3. The Morgan fingerprint density at radius 2 is 2.36 bits per heavy atom. The molecule has 1 aromatic rings. The van der Waals surface area contributed by atoms with Gasteiger partial charge in [-0.05, 0) is 13.8 Å². The van der Waals surface area contributed by atoms with Gasteiger partial charge in [-0.2, -0.15) is 0 Å². The summed E-state index contributed by atoms with van der Waals surface area (Å²) in [6, 6.07) is 0.369. The molecule has 1 aromatic heterocycles.